The number of benzene rings is 2. The van der Waals surface area contributed by atoms with Gasteiger partial charge in [-0.2, -0.15) is 0 Å². The normalized spacial score (nSPS) is 14.7. The molecule has 3 rings (SSSR count). The summed E-state index contributed by atoms with van der Waals surface area (Å²) in [5.41, 5.74) is 2.22. The van der Waals surface area contributed by atoms with E-state index in [1.165, 1.54) is 21.5 Å². The molecule has 1 amide bonds. The number of amides is 1. The number of fused-ring (bicyclic) bond motifs is 1. The molecule has 0 N–H and O–H groups in total. The summed E-state index contributed by atoms with van der Waals surface area (Å²) < 4.78 is 30.9. The molecule has 0 aromatic heterocycles. The summed E-state index contributed by atoms with van der Waals surface area (Å²) in [5, 5.41) is 0. The van der Waals surface area contributed by atoms with Crippen LogP contribution >= 0.6 is 0 Å². The minimum Gasteiger partial charge on any atom is -0.444 e. The molecule has 0 spiro atoms. The number of likely N-dealkylation sites (N-methyl/N-ethyl adjacent to an activating group) is 1. The Bertz CT molecular complexity index is 1020. The molecule has 0 bridgehead atoms. The fourth-order valence-electron chi connectivity index (χ4n) is 3.33. The molecule has 1 atom stereocenters. The maximum atomic E-state index is 12.8. The van der Waals surface area contributed by atoms with Gasteiger partial charge in [0.15, 0.2) is 0 Å². The van der Waals surface area contributed by atoms with Crippen molar-refractivity contribution in [1.82, 2.24) is 4.90 Å². The molecule has 154 valence electrons. The number of hydrogen-bond donors (Lipinski definition) is 0. The van der Waals surface area contributed by atoms with Crippen molar-refractivity contribution in [2.45, 2.75) is 18.9 Å². The third-order valence-corrected chi connectivity index (χ3v) is 5.96. The van der Waals surface area contributed by atoms with E-state index in [4.69, 9.17) is 4.74 Å². The van der Waals surface area contributed by atoms with Crippen LogP contribution < -0.4 is 4.31 Å². The van der Waals surface area contributed by atoms with Crippen molar-refractivity contribution >= 4 is 27.6 Å². The highest BCUT2D eigenvalue weighted by Crippen LogP contribution is 2.30. The van der Waals surface area contributed by atoms with Crippen LogP contribution in [0.5, 0.6) is 0 Å². The first-order valence-corrected chi connectivity index (χ1v) is 11.1. The SMILES string of the molecule is CN(C)C(=O)[C@@H](OC(=O)c1ccc2c(c1)CCCN2S(C)(=O)=O)c1ccccc1. The average Bonchev–Trinajstić information content (AvgIpc) is 2.70. The van der Waals surface area contributed by atoms with Gasteiger partial charge in [0.25, 0.3) is 5.91 Å². The number of ether oxygens (including phenoxy) is 1. The number of carbonyl (C=O) groups excluding carboxylic acids is 2. The van der Waals surface area contributed by atoms with Gasteiger partial charge in [-0.25, -0.2) is 13.2 Å². The summed E-state index contributed by atoms with van der Waals surface area (Å²) in [7, 11) is -0.177. The quantitative estimate of drug-likeness (QED) is 0.699. The van der Waals surface area contributed by atoms with Crippen LogP contribution in [-0.4, -0.2) is 52.1 Å². The molecule has 1 aliphatic heterocycles. The van der Waals surface area contributed by atoms with Crippen molar-refractivity contribution < 1.29 is 22.7 Å². The van der Waals surface area contributed by atoms with Crippen LogP contribution in [0.3, 0.4) is 0 Å². The Morgan fingerprint density at radius 2 is 1.79 bits per heavy atom. The molecule has 1 heterocycles. The minimum absolute atomic E-state index is 0.284. The number of anilines is 1. The van der Waals surface area contributed by atoms with Gasteiger partial charge in [-0.15, -0.1) is 0 Å². The van der Waals surface area contributed by atoms with Crippen LogP contribution in [0.4, 0.5) is 5.69 Å². The number of rotatable bonds is 5. The van der Waals surface area contributed by atoms with Crippen LogP contribution in [0, 0.1) is 0 Å². The molecular weight excluding hydrogens is 392 g/mol. The molecule has 0 fully saturated rings. The number of aryl methyl sites for hydroxylation is 1. The Kier molecular flexibility index (Phi) is 5.93. The van der Waals surface area contributed by atoms with E-state index in [2.05, 4.69) is 0 Å². The summed E-state index contributed by atoms with van der Waals surface area (Å²) in [6.07, 6.45) is 1.45. The topological polar surface area (TPSA) is 84.0 Å². The van der Waals surface area contributed by atoms with Crippen LogP contribution in [0.25, 0.3) is 0 Å². The van der Waals surface area contributed by atoms with E-state index in [9.17, 15) is 18.0 Å². The molecule has 2 aromatic carbocycles. The molecule has 0 unspecified atom stereocenters. The second kappa shape index (κ2) is 8.24. The highest BCUT2D eigenvalue weighted by Gasteiger charge is 2.29. The first kappa shape index (κ1) is 20.9. The molecule has 1 aliphatic rings. The third-order valence-electron chi connectivity index (χ3n) is 4.78. The smallest absolute Gasteiger partial charge is 0.339 e. The summed E-state index contributed by atoms with van der Waals surface area (Å²) in [4.78, 5) is 26.7. The summed E-state index contributed by atoms with van der Waals surface area (Å²) in [5.74, 6) is -0.973. The minimum atomic E-state index is -3.38. The second-order valence-electron chi connectivity index (χ2n) is 7.21. The van der Waals surface area contributed by atoms with Crippen molar-refractivity contribution in [2.75, 3.05) is 31.2 Å². The van der Waals surface area contributed by atoms with Gasteiger partial charge < -0.3 is 9.64 Å². The lowest BCUT2D eigenvalue weighted by molar-refractivity contribution is -0.138. The number of carbonyl (C=O) groups is 2. The standard InChI is InChI=1S/C21H24N2O5S/c1-22(2)20(24)19(15-8-5-4-6-9-15)28-21(25)17-11-12-18-16(14-17)10-7-13-23(18)29(3,26)27/h4-6,8-9,11-12,14,19H,7,10,13H2,1-3H3/t19-/m0/s1. The number of nitrogens with zero attached hydrogens (tertiary/aromatic N) is 2. The molecule has 7 nitrogen and oxygen atoms in total. The molecule has 8 heteroatoms. The fourth-order valence-corrected chi connectivity index (χ4v) is 4.33. The van der Waals surface area contributed by atoms with E-state index >= 15 is 0 Å². The van der Waals surface area contributed by atoms with Crippen molar-refractivity contribution in [2.24, 2.45) is 0 Å². The monoisotopic (exact) mass is 416 g/mol. The molecule has 0 aliphatic carbocycles. The van der Waals surface area contributed by atoms with E-state index < -0.39 is 22.1 Å². The lowest BCUT2D eigenvalue weighted by Gasteiger charge is -2.29. The van der Waals surface area contributed by atoms with Gasteiger partial charge in [0.2, 0.25) is 16.1 Å². The Morgan fingerprint density at radius 3 is 2.41 bits per heavy atom. The fraction of sp³-hybridized carbons (Fsp3) is 0.333. The summed E-state index contributed by atoms with van der Waals surface area (Å²) in [6, 6.07) is 13.6. The first-order valence-electron chi connectivity index (χ1n) is 9.26. The van der Waals surface area contributed by atoms with Gasteiger partial charge in [-0.05, 0) is 36.6 Å². The van der Waals surface area contributed by atoms with Crippen LogP contribution in [0.15, 0.2) is 48.5 Å². The lowest BCUT2D eigenvalue weighted by Crippen LogP contribution is -2.34. The van der Waals surface area contributed by atoms with E-state index in [0.29, 0.717) is 30.6 Å². The Labute approximate surface area is 170 Å². The van der Waals surface area contributed by atoms with Gasteiger partial charge >= 0.3 is 5.97 Å². The zero-order chi connectivity index (χ0) is 21.2. The number of sulfonamides is 1. The molecular formula is C21H24N2O5S. The molecule has 0 saturated heterocycles. The summed E-state index contributed by atoms with van der Waals surface area (Å²) >= 11 is 0. The predicted octanol–water partition coefficient (Wildman–Crippen LogP) is 2.39. The Balaban J connectivity index is 1.89. The highest BCUT2D eigenvalue weighted by molar-refractivity contribution is 7.92. The maximum Gasteiger partial charge on any atom is 0.339 e. The van der Waals surface area contributed by atoms with Gasteiger partial charge in [0, 0.05) is 26.2 Å². The third kappa shape index (κ3) is 4.59. The van der Waals surface area contributed by atoms with Crippen LogP contribution in [0.2, 0.25) is 0 Å². The van der Waals surface area contributed by atoms with Gasteiger partial charge in [-0.3, -0.25) is 9.10 Å². The van der Waals surface area contributed by atoms with Crippen molar-refractivity contribution in [1.29, 1.82) is 0 Å². The van der Waals surface area contributed by atoms with Crippen molar-refractivity contribution in [3.8, 4) is 0 Å². The van der Waals surface area contributed by atoms with Gasteiger partial charge in [0.1, 0.15) is 0 Å². The van der Waals surface area contributed by atoms with Gasteiger partial charge in [0.05, 0.1) is 17.5 Å². The van der Waals surface area contributed by atoms with E-state index in [1.807, 2.05) is 6.07 Å². The summed E-state index contributed by atoms with van der Waals surface area (Å²) in [6.45, 7) is 0.420. The Morgan fingerprint density at radius 1 is 1.10 bits per heavy atom. The zero-order valence-corrected chi connectivity index (χ0v) is 17.5. The molecule has 2 aromatic rings. The maximum absolute atomic E-state index is 12.8. The van der Waals surface area contributed by atoms with Crippen LogP contribution in [0.1, 0.15) is 34.0 Å². The second-order valence-corrected chi connectivity index (χ2v) is 9.12. The van der Waals surface area contributed by atoms with E-state index in [1.54, 1.807) is 50.5 Å². The van der Waals surface area contributed by atoms with Crippen molar-refractivity contribution in [3.63, 3.8) is 0 Å². The number of hydrogen-bond acceptors (Lipinski definition) is 5. The molecule has 0 saturated carbocycles. The van der Waals surface area contributed by atoms with E-state index in [-0.39, 0.29) is 11.5 Å². The van der Waals surface area contributed by atoms with Gasteiger partial charge in [-0.1, -0.05) is 30.3 Å². The van der Waals surface area contributed by atoms with Crippen LogP contribution in [-0.2, 0) is 26.0 Å². The molecule has 0 radical (unpaired) electrons. The average molecular weight is 416 g/mol. The highest BCUT2D eigenvalue weighted by atomic mass is 32.2. The lowest BCUT2D eigenvalue weighted by atomic mass is 10.0. The zero-order valence-electron chi connectivity index (χ0n) is 16.7. The Hall–Kier alpha value is -2.87. The number of esters is 1. The van der Waals surface area contributed by atoms with Crippen molar-refractivity contribution in [3.05, 3.63) is 65.2 Å². The first-order chi connectivity index (χ1) is 13.7. The molecule has 29 heavy (non-hydrogen) atoms. The largest absolute Gasteiger partial charge is 0.444 e. The van der Waals surface area contributed by atoms with E-state index in [0.717, 1.165) is 5.56 Å². The predicted molar refractivity (Wildman–Crippen MR) is 110 cm³/mol.